The lowest BCUT2D eigenvalue weighted by molar-refractivity contribution is -0.0272. The Bertz CT molecular complexity index is 690. The standard InChI is InChI=1S/C17H20FN3O3/c1-23-14-6-2-5-13(18)15(14)17(22)19-8-11-4-3-7-24-16(11)12-9-20-21-10-12/h2,5-6,9-11,16H,3-4,7-8H2,1H3,(H,19,22)(H,20,21)/t11-,16+/m0/s1. The van der Waals surface area contributed by atoms with Crippen LogP contribution in [0.2, 0.25) is 0 Å². The van der Waals surface area contributed by atoms with Gasteiger partial charge >= 0.3 is 0 Å². The van der Waals surface area contributed by atoms with Crippen LogP contribution in [0.25, 0.3) is 0 Å². The molecule has 0 aliphatic carbocycles. The highest BCUT2D eigenvalue weighted by atomic mass is 19.1. The second kappa shape index (κ2) is 7.44. The van der Waals surface area contributed by atoms with Crippen LogP contribution in [-0.2, 0) is 4.74 Å². The van der Waals surface area contributed by atoms with Gasteiger partial charge in [-0.05, 0) is 25.0 Å². The van der Waals surface area contributed by atoms with Gasteiger partial charge in [-0.15, -0.1) is 0 Å². The first-order chi connectivity index (χ1) is 11.7. The first kappa shape index (κ1) is 16.4. The summed E-state index contributed by atoms with van der Waals surface area (Å²) in [5.74, 6) is -0.753. The predicted molar refractivity (Wildman–Crippen MR) is 85.3 cm³/mol. The highest BCUT2D eigenvalue weighted by Gasteiger charge is 2.29. The number of aromatic amines is 1. The summed E-state index contributed by atoms with van der Waals surface area (Å²) < 4.78 is 24.9. The van der Waals surface area contributed by atoms with Crippen LogP contribution in [0, 0.1) is 11.7 Å². The third-order valence-corrected chi connectivity index (χ3v) is 4.24. The van der Waals surface area contributed by atoms with Crippen molar-refractivity contribution in [3.8, 4) is 5.75 Å². The van der Waals surface area contributed by atoms with Gasteiger partial charge in [0.25, 0.3) is 5.91 Å². The quantitative estimate of drug-likeness (QED) is 0.881. The van der Waals surface area contributed by atoms with Crippen LogP contribution in [0.15, 0.2) is 30.6 Å². The van der Waals surface area contributed by atoms with Gasteiger partial charge in [-0.2, -0.15) is 5.10 Å². The maximum Gasteiger partial charge on any atom is 0.258 e. The van der Waals surface area contributed by atoms with Crippen molar-refractivity contribution in [2.45, 2.75) is 18.9 Å². The topological polar surface area (TPSA) is 76.2 Å². The Hall–Kier alpha value is -2.41. The molecule has 2 atom stereocenters. The summed E-state index contributed by atoms with van der Waals surface area (Å²) in [6, 6.07) is 4.32. The van der Waals surface area contributed by atoms with Crippen LogP contribution in [-0.4, -0.2) is 36.4 Å². The Kier molecular flexibility index (Phi) is 5.10. The maximum atomic E-state index is 14.0. The number of hydrogen-bond acceptors (Lipinski definition) is 4. The van der Waals surface area contributed by atoms with Crippen molar-refractivity contribution in [1.29, 1.82) is 0 Å². The minimum absolute atomic E-state index is 0.0726. The van der Waals surface area contributed by atoms with E-state index in [0.717, 1.165) is 18.4 Å². The van der Waals surface area contributed by atoms with Gasteiger partial charge in [0, 0.05) is 30.8 Å². The SMILES string of the molecule is COc1cccc(F)c1C(=O)NC[C@@H]1CCCO[C@H]1c1cn[nH]c1. The molecule has 1 fully saturated rings. The molecule has 0 radical (unpaired) electrons. The molecule has 3 rings (SSSR count). The Morgan fingerprint density at radius 2 is 2.42 bits per heavy atom. The molecule has 0 saturated carbocycles. The summed E-state index contributed by atoms with van der Waals surface area (Å²) in [5, 5.41) is 9.53. The minimum atomic E-state index is -0.599. The largest absolute Gasteiger partial charge is 0.496 e. The van der Waals surface area contributed by atoms with Crippen molar-refractivity contribution in [2.75, 3.05) is 20.3 Å². The molecule has 0 spiro atoms. The summed E-state index contributed by atoms with van der Waals surface area (Å²) in [5.41, 5.74) is 0.883. The molecular weight excluding hydrogens is 313 g/mol. The lowest BCUT2D eigenvalue weighted by Gasteiger charge is -2.31. The molecule has 1 saturated heterocycles. The number of nitrogens with zero attached hydrogens (tertiary/aromatic N) is 1. The number of ether oxygens (including phenoxy) is 2. The van der Waals surface area contributed by atoms with E-state index >= 15 is 0 Å². The highest BCUT2D eigenvalue weighted by Crippen LogP contribution is 2.32. The van der Waals surface area contributed by atoms with E-state index in [1.165, 1.54) is 19.2 Å². The van der Waals surface area contributed by atoms with Crippen LogP contribution in [0.4, 0.5) is 4.39 Å². The number of rotatable bonds is 5. The molecule has 1 aliphatic heterocycles. The molecule has 24 heavy (non-hydrogen) atoms. The third kappa shape index (κ3) is 3.41. The van der Waals surface area contributed by atoms with Gasteiger partial charge in [0.2, 0.25) is 0 Å². The Balaban J connectivity index is 1.69. The lowest BCUT2D eigenvalue weighted by atomic mass is 9.90. The van der Waals surface area contributed by atoms with Crippen molar-refractivity contribution in [2.24, 2.45) is 5.92 Å². The molecule has 0 unspecified atom stereocenters. The van der Waals surface area contributed by atoms with Gasteiger partial charge in [-0.3, -0.25) is 9.89 Å². The van der Waals surface area contributed by atoms with Crippen molar-refractivity contribution >= 4 is 5.91 Å². The monoisotopic (exact) mass is 333 g/mol. The van der Waals surface area contributed by atoms with Gasteiger partial charge in [-0.25, -0.2) is 4.39 Å². The van der Waals surface area contributed by atoms with Crippen LogP contribution in [0.1, 0.15) is 34.9 Å². The van der Waals surface area contributed by atoms with E-state index in [9.17, 15) is 9.18 Å². The summed E-state index contributed by atoms with van der Waals surface area (Å²) in [6.07, 6.45) is 5.25. The number of halogens is 1. The minimum Gasteiger partial charge on any atom is -0.496 e. The zero-order valence-electron chi connectivity index (χ0n) is 13.4. The molecule has 6 nitrogen and oxygen atoms in total. The van der Waals surface area contributed by atoms with E-state index < -0.39 is 11.7 Å². The van der Waals surface area contributed by atoms with E-state index in [2.05, 4.69) is 15.5 Å². The smallest absolute Gasteiger partial charge is 0.258 e. The van der Waals surface area contributed by atoms with E-state index in [1.54, 1.807) is 18.5 Å². The van der Waals surface area contributed by atoms with Crippen LogP contribution in [0.3, 0.4) is 0 Å². The molecule has 1 amide bonds. The number of benzene rings is 1. The normalized spacial score (nSPS) is 20.6. The van der Waals surface area contributed by atoms with Crippen LogP contribution < -0.4 is 10.1 Å². The second-order valence-corrected chi connectivity index (χ2v) is 5.75. The van der Waals surface area contributed by atoms with E-state index in [0.29, 0.717) is 13.2 Å². The van der Waals surface area contributed by atoms with Gasteiger partial charge in [0.1, 0.15) is 17.1 Å². The molecule has 128 valence electrons. The number of nitrogens with one attached hydrogen (secondary N) is 2. The van der Waals surface area contributed by atoms with Crippen molar-refractivity contribution < 1.29 is 18.7 Å². The molecule has 1 aliphatic rings. The van der Waals surface area contributed by atoms with Crippen molar-refractivity contribution in [1.82, 2.24) is 15.5 Å². The maximum absolute atomic E-state index is 14.0. The lowest BCUT2D eigenvalue weighted by Crippen LogP contribution is -2.35. The van der Waals surface area contributed by atoms with E-state index in [4.69, 9.17) is 9.47 Å². The predicted octanol–water partition coefficient (Wildman–Crippen LogP) is 2.46. The summed E-state index contributed by atoms with van der Waals surface area (Å²) >= 11 is 0. The van der Waals surface area contributed by atoms with E-state index in [-0.39, 0.29) is 23.3 Å². The fourth-order valence-electron chi connectivity index (χ4n) is 3.04. The van der Waals surface area contributed by atoms with Gasteiger partial charge in [0.05, 0.1) is 19.4 Å². The molecule has 2 N–H and O–H groups in total. The summed E-state index contributed by atoms with van der Waals surface area (Å²) in [4.78, 5) is 12.4. The van der Waals surface area contributed by atoms with Crippen molar-refractivity contribution in [3.63, 3.8) is 0 Å². The summed E-state index contributed by atoms with van der Waals surface area (Å²) in [6.45, 7) is 1.08. The molecule has 7 heteroatoms. The van der Waals surface area contributed by atoms with Crippen LogP contribution >= 0.6 is 0 Å². The number of methoxy groups -OCH3 is 1. The molecule has 1 aromatic carbocycles. The summed E-state index contributed by atoms with van der Waals surface area (Å²) in [7, 11) is 1.41. The molecule has 0 bridgehead atoms. The fourth-order valence-corrected chi connectivity index (χ4v) is 3.04. The number of carbonyl (C=O) groups excluding carboxylic acids is 1. The van der Waals surface area contributed by atoms with Gasteiger partial charge < -0.3 is 14.8 Å². The second-order valence-electron chi connectivity index (χ2n) is 5.75. The number of H-pyrrole nitrogens is 1. The zero-order valence-corrected chi connectivity index (χ0v) is 13.4. The van der Waals surface area contributed by atoms with Gasteiger partial charge in [-0.1, -0.05) is 6.07 Å². The van der Waals surface area contributed by atoms with Crippen molar-refractivity contribution in [3.05, 3.63) is 47.5 Å². The first-order valence-corrected chi connectivity index (χ1v) is 7.91. The highest BCUT2D eigenvalue weighted by molar-refractivity contribution is 5.97. The zero-order chi connectivity index (χ0) is 16.9. The molecule has 1 aromatic heterocycles. The fraction of sp³-hybridized carbons (Fsp3) is 0.412. The van der Waals surface area contributed by atoms with Crippen LogP contribution in [0.5, 0.6) is 5.75 Å². The average molecular weight is 333 g/mol. The number of aromatic nitrogens is 2. The Morgan fingerprint density at radius 1 is 1.54 bits per heavy atom. The van der Waals surface area contributed by atoms with E-state index in [1.807, 2.05) is 0 Å². The average Bonchev–Trinajstić information content (AvgIpc) is 3.14. The molecule has 2 aromatic rings. The Labute approximate surface area is 139 Å². The number of hydrogen-bond donors (Lipinski definition) is 2. The number of carbonyl (C=O) groups is 1. The first-order valence-electron chi connectivity index (χ1n) is 7.91. The third-order valence-electron chi connectivity index (χ3n) is 4.24. The van der Waals surface area contributed by atoms with Gasteiger partial charge in [0.15, 0.2) is 0 Å². The molecule has 2 heterocycles. The Morgan fingerprint density at radius 3 is 3.17 bits per heavy atom. The molecular formula is C17H20FN3O3. The number of amides is 1.